The van der Waals surface area contributed by atoms with Gasteiger partial charge in [-0.3, -0.25) is 14.5 Å². The average Bonchev–Trinajstić information content (AvgIpc) is 3.51. The molecule has 4 N–H and O–H groups in total. The highest BCUT2D eigenvalue weighted by Crippen LogP contribution is 2.40. The van der Waals surface area contributed by atoms with E-state index in [0.29, 0.717) is 52.8 Å². The maximum atomic E-state index is 13.8. The molecule has 1 fully saturated rings. The highest BCUT2D eigenvalue weighted by Gasteiger charge is 2.37. The van der Waals surface area contributed by atoms with Crippen LogP contribution in [-0.4, -0.2) is 74.8 Å². The van der Waals surface area contributed by atoms with Crippen LogP contribution in [0.25, 0.3) is 11.3 Å². The fourth-order valence-corrected chi connectivity index (χ4v) is 7.13. The normalized spacial score (nSPS) is 17.7. The first-order valence-corrected chi connectivity index (χ1v) is 15.8. The van der Waals surface area contributed by atoms with Gasteiger partial charge in [0.05, 0.1) is 12.3 Å². The van der Waals surface area contributed by atoms with Crippen molar-refractivity contribution >= 4 is 34.6 Å². The van der Waals surface area contributed by atoms with E-state index in [9.17, 15) is 14.7 Å². The van der Waals surface area contributed by atoms with Crippen molar-refractivity contribution in [1.29, 1.82) is 0 Å². The number of benzene rings is 1. The minimum Gasteiger partial charge on any atom is -0.399 e. The predicted molar refractivity (Wildman–Crippen MR) is 180 cm³/mol. The van der Waals surface area contributed by atoms with Crippen molar-refractivity contribution in [2.75, 3.05) is 60.6 Å². The van der Waals surface area contributed by atoms with Gasteiger partial charge >= 0.3 is 0 Å². The number of anilines is 5. The highest BCUT2D eigenvalue weighted by molar-refractivity contribution is 6.06. The van der Waals surface area contributed by atoms with E-state index in [0.717, 1.165) is 44.7 Å². The summed E-state index contributed by atoms with van der Waals surface area (Å²) < 4.78 is 3.62. The lowest BCUT2D eigenvalue weighted by Gasteiger charge is -2.34. The topological polar surface area (TPSA) is 138 Å². The Bertz CT molecular complexity index is 1900. The molecule has 0 radical (unpaired) electrons. The van der Waals surface area contributed by atoms with Gasteiger partial charge in [-0.05, 0) is 61.2 Å². The third-order valence-electron chi connectivity index (χ3n) is 9.49. The molecule has 0 spiro atoms. The zero-order valence-electron chi connectivity index (χ0n) is 26.9. The number of hydrogen-bond acceptors (Lipinski definition) is 9. The number of piperazine rings is 1. The van der Waals surface area contributed by atoms with Crippen LogP contribution in [-0.2, 0) is 33.0 Å². The van der Waals surface area contributed by atoms with E-state index in [2.05, 4.69) is 45.6 Å². The highest BCUT2D eigenvalue weighted by atomic mass is 16.3. The molecule has 12 heteroatoms. The smallest absolute Gasteiger partial charge is 0.293 e. The van der Waals surface area contributed by atoms with Crippen molar-refractivity contribution in [2.45, 2.75) is 39.8 Å². The number of carbonyl (C=O) groups is 1. The number of nitrogens with one attached hydrogen (secondary N) is 1. The number of aryl methyl sites for hydroxylation is 1. The molecular weight excluding hydrogens is 582 g/mol. The molecule has 0 atom stereocenters. The summed E-state index contributed by atoms with van der Waals surface area (Å²) in [6, 6.07) is 9.49. The number of aromatic nitrogens is 4. The van der Waals surface area contributed by atoms with E-state index in [1.54, 1.807) is 36.5 Å². The van der Waals surface area contributed by atoms with Gasteiger partial charge in [0.2, 0.25) is 0 Å². The maximum Gasteiger partial charge on any atom is 0.293 e. The molecule has 0 bridgehead atoms. The van der Waals surface area contributed by atoms with Gasteiger partial charge in [-0.15, -0.1) is 0 Å². The monoisotopic (exact) mass is 623 g/mol. The van der Waals surface area contributed by atoms with E-state index in [1.165, 1.54) is 15.8 Å². The summed E-state index contributed by atoms with van der Waals surface area (Å²) in [4.78, 5) is 42.6. The zero-order chi connectivity index (χ0) is 32.3. The Morgan fingerprint density at radius 2 is 1.78 bits per heavy atom. The van der Waals surface area contributed by atoms with E-state index in [-0.39, 0.29) is 29.3 Å². The molecule has 1 saturated heterocycles. The number of aliphatic hydroxyl groups is 1. The second kappa shape index (κ2) is 11.3. The predicted octanol–water partition coefficient (Wildman–Crippen LogP) is 3.00. The number of hydrogen-bond donors (Lipinski definition) is 3. The van der Waals surface area contributed by atoms with E-state index >= 15 is 0 Å². The summed E-state index contributed by atoms with van der Waals surface area (Å²) >= 11 is 0. The number of aliphatic hydroxyl groups excluding tert-OH is 1. The summed E-state index contributed by atoms with van der Waals surface area (Å²) in [5, 5.41) is 13.8. The molecule has 1 aliphatic carbocycles. The van der Waals surface area contributed by atoms with Crippen LogP contribution in [0.3, 0.4) is 0 Å². The fourth-order valence-electron chi connectivity index (χ4n) is 7.13. The molecule has 1 amide bonds. The van der Waals surface area contributed by atoms with Crippen LogP contribution in [0.2, 0.25) is 0 Å². The van der Waals surface area contributed by atoms with Crippen LogP contribution < -0.4 is 26.4 Å². The molecule has 7 rings (SSSR count). The van der Waals surface area contributed by atoms with Crippen LogP contribution in [0.4, 0.5) is 28.7 Å². The fraction of sp³-hybridized carbons (Fsp3) is 0.412. The molecule has 0 unspecified atom stereocenters. The van der Waals surface area contributed by atoms with Gasteiger partial charge in [-0.1, -0.05) is 13.8 Å². The molecule has 2 aliphatic heterocycles. The van der Waals surface area contributed by atoms with Crippen molar-refractivity contribution in [2.24, 2.45) is 12.5 Å². The van der Waals surface area contributed by atoms with Gasteiger partial charge < -0.3 is 35.1 Å². The number of carbonyl (C=O) groups excluding carboxylic acids is 1. The summed E-state index contributed by atoms with van der Waals surface area (Å²) in [5.74, 6) is 0.392. The van der Waals surface area contributed by atoms with Crippen LogP contribution in [0, 0.1) is 5.41 Å². The van der Waals surface area contributed by atoms with Crippen molar-refractivity contribution in [1.82, 2.24) is 24.0 Å². The lowest BCUT2D eigenvalue weighted by Crippen LogP contribution is -2.44. The number of nitrogens with two attached hydrogens (primary N) is 1. The van der Waals surface area contributed by atoms with E-state index in [4.69, 9.17) is 10.7 Å². The number of rotatable bonds is 6. The molecule has 3 aromatic heterocycles. The summed E-state index contributed by atoms with van der Waals surface area (Å²) in [5.41, 5.74) is 13.1. The first-order chi connectivity index (χ1) is 22.0. The minimum atomic E-state index is -0.356. The second-order valence-corrected chi connectivity index (χ2v) is 13.6. The third-order valence-corrected chi connectivity index (χ3v) is 9.49. The van der Waals surface area contributed by atoms with E-state index in [1.807, 2.05) is 18.2 Å². The molecule has 0 saturated carbocycles. The number of nitrogens with zero attached hydrogens (tertiary/aromatic N) is 7. The Labute approximate surface area is 268 Å². The minimum absolute atomic E-state index is 0.126. The van der Waals surface area contributed by atoms with Gasteiger partial charge in [0.25, 0.3) is 11.5 Å². The summed E-state index contributed by atoms with van der Waals surface area (Å²) in [6.07, 6.45) is 5.16. The van der Waals surface area contributed by atoms with Crippen LogP contribution in [0.15, 0.2) is 47.5 Å². The third kappa shape index (κ3) is 5.31. The molecule has 4 aromatic rings. The first-order valence-electron chi connectivity index (χ1n) is 15.8. The molecule has 12 nitrogen and oxygen atoms in total. The van der Waals surface area contributed by atoms with Crippen LogP contribution in [0.5, 0.6) is 0 Å². The van der Waals surface area contributed by atoms with Crippen molar-refractivity contribution in [3.63, 3.8) is 0 Å². The average molecular weight is 624 g/mol. The molecular formula is C34H41N9O3. The quantitative estimate of drug-likeness (QED) is 0.277. The molecule has 5 heterocycles. The van der Waals surface area contributed by atoms with Crippen molar-refractivity contribution in [3.8, 4) is 11.3 Å². The standard InChI is InChI=1S/C34H41N9O3/c1-34(2)17-21-13-28-32(45)43(12-11-42(28)29(21)18-34)31-26(20-44)25(5-6-36-31)27-19-40(4)33(46)30(38-27)37-23-14-22(35)15-24(16-23)41-9-7-39(3)8-10-41/h5-6,13-16,19,44H,7-12,17-18,20,35H2,1-4H3,(H,37,38). The van der Waals surface area contributed by atoms with Crippen molar-refractivity contribution < 1.29 is 9.90 Å². The zero-order valence-corrected chi connectivity index (χ0v) is 26.9. The first kappa shape index (κ1) is 30.0. The molecule has 1 aromatic carbocycles. The Morgan fingerprint density at radius 1 is 1.00 bits per heavy atom. The Balaban J connectivity index is 1.21. The van der Waals surface area contributed by atoms with E-state index < -0.39 is 0 Å². The molecule has 240 valence electrons. The second-order valence-electron chi connectivity index (χ2n) is 13.6. The number of amides is 1. The van der Waals surface area contributed by atoms with Crippen molar-refractivity contribution in [3.05, 3.63) is 75.6 Å². The van der Waals surface area contributed by atoms with Gasteiger partial charge in [0, 0.05) is 92.6 Å². The van der Waals surface area contributed by atoms with Gasteiger partial charge in [0.1, 0.15) is 11.5 Å². The van der Waals surface area contributed by atoms with Crippen LogP contribution >= 0.6 is 0 Å². The van der Waals surface area contributed by atoms with Gasteiger partial charge in [-0.2, -0.15) is 0 Å². The molecule has 3 aliphatic rings. The number of likely N-dealkylation sites (N-methyl/N-ethyl adjacent to an activating group) is 1. The Morgan fingerprint density at radius 3 is 2.54 bits per heavy atom. The number of fused-ring (bicyclic) bond motifs is 3. The number of pyridine rings is 1. The lowest BCUT2D eigenvalue weighted by atomic mass is 9.90. The van der Waals surface area contributed by atoms with Crippen LogP contribution in [0.1, 0.15) is 41.2 Å². The molecule has 46 heavy (non-hydrogen) atoms. The number of nitrogen functional groups attached to an aromatic ring is 1. The lowest BCUT2D eigenvalue weighted by molar-refractivity contribution is 0.0962. The Kier molecular flexibility index (Phi) is 7.36. The largest absolute Gasteiger partial charge is 0.399 e. The summed E-state index contributed by atoms with van der Waals surface area (Å²) in [6.45, 7) is 8.94. The summed E-state index contributed by atoms with van der Waals surface area (Å²) in [7, 11) is 3.78. The maximum absolute atomic E-state index is 13.8. The van der Waals surface area contributed by atoms with Gasteiger partial charge in [-0.25, -0.2) is 9.97 Å². The van der Waals surface area contributed by atoms with Gasteiger partial charge in [0.15, 0.2) is 5.82 Å². The Hall–Kier alpha value is -4.68. The SMILES string of the molecule is CN1CCN(c2cc(N)cc(Nc3nc(-c4ccnc(N5CCn6c(cc7c6CC(C)(C)C7)C5=O)c4CO)cn(C)c3=O)c2)CC1.